The van der Waals surface area contributed by atoms with E-state index in [0.717, 1.165) is 26.2 Å². The molecule has 1 aliphatic heterocycles. The van der Waals surface area contributed by atoms with Gasteiger partial charge < -0.3 is 40.0 Å². The number of nitrogens with zero attached hydrogens (tertiary/aromatic N) is 1. The lowest BCUT2D eigenvalue weighted by molar-refractivity contribution is -0.384. The summed E-state index contributed by atoms with van der Waals surface area (Å²) in [5.74, 6) is -4.09. The first-order valence-corrected chi connectivity index (χ1v) is 9.16. The van der Waals surface area contributed by atoms with E-state index in [1.54, 1.807) is 0 Å². The van der Waals surface area contributed by atoms with Crippen LogP contribution in [0.4, 0.5) is 5.69 Å². The highest BCUT2D eigenvalue weighted by Crippen LogP contribution is 2.35. The van der Waals surface area contributed by atoms with Gasteiger partial charge in [-0.15, -0.1) is 0 Å². The molecule has 2 rings (SSSR count). The minimum atomic E-state index is -2.33. The second kappa shape index (κ2) is 9.98. The standard InChI is InChI=1S/C18H24N2O11/c1-9(22)19-14-12(23)7-18(17(26)29-2,31-16(14)15(25)13(24)8-21)30-11-5-3-10(4-6-11)20(27)28/h3-6,12-16,21,23-25H,7-8H2,1-2H3,(H,19,22)/t12-,13+,14+,15+,16+,18+/m0/s1. The number of nitro groups is 1. The largest absolute Gasteiger partial charge is 0.464 e. The fourth-order valence-electron chi connectivity index (χ4n) is 3.21. The molecule has 1 saturated heterocycles. The summed E-state index contributed by atoms with van der Waals surface area (Å²) in [7, 11) is 1.02. The number of nitrogens with one attached hydrogen (secondary N) is 1. The second-order valence-corrected chi connectivity index (χ2v) is 6.92. The van der Waals surface area contributed by atoms with E-state index in [1.165, 1.54) is 12.1 Å². The van der Waals surface area contributed by atoms with E-state index in [9.17, 15) is 35.0 Å². The number of benzene rings is 1. The first-order chi connectivity index (χ1) is 14.5. The lowest BCUT2D eigenvalue weighted by atomic mass is 9.88. The normalized spacial score (nSPS) is 27.6. The van der Waals surface area contributed by atoms with Crippen molar-refractivity contribution in [2.75, 3.05) is 13.7 Å². The first kappa shape index (κ1) is 24.4. The fraction of sp³-hybridized carbons (Fsp3) is 0.556. The molecular formula is C18H24N2O11. The molecule has 31 heavy (non-hydrogen) atoms. The highest BCUT2D eigenvalue weighted by Gasteiger charge is 2.57. The molecule has 1 amide bonds. The van der Waals surface area contributed by atoms with Gasteiger partial charge in [-0.05, 0) is 12.1 Å². The molecule has 0 radical (unpaired) electrons. The van der Waals surface area contributed by atoms with E-state index in [-0.39, 0.29) is 11.4 Å². The SMILES string of the molecule is COC(=O)[C@@]1(Oc2ccc([N+](=O)[O-])cc2)C[C@H](O)[C@@H](NC(C)=O)[C@H]([C@H](O)[C@H](O)CO)O1. The molecule has 0 unspecified atom stereocenters. The molecule has 0 aromatic heterocycles. The van der Waals surface area contributed by atoms with Crippen molar-refractivity contribution in [2.45, 2.75) is 49.6 Å². The zero-order valence-electron chi connectivity index (χ0n) is 16.7. The number of hydrogen-bond acceptors (Lipinski definition) is 11. The molecule has 5 N–H and O–H groups in total. The maximum atomic E-state index is 12.6. The molecule has 6 atom stereocenters. The Morgan fingerprint density at radius 2 is 1.97 bits per heavy atom. The Labute approximate surface area is 176 Å². The van der Waals surface area contributed by atoms with Gasteiger partial charge in [0.15, 0.2) is 0 Å². The second-order valence-electron chi connectivity index (χ2n) is 6.92. The molecule has 1 fully saturated rings. The molecule has 1 aromatic carbocycles. The molecule has 1 heterocycles. The van der Waals surface area contributed by atoms with Gasteiger partial charge >= 0.3 is 11.8 Å². The maximum Gasteiger partial charge on any atom is 0.379 e. The third kappa shape index (κ3) is 5.45. The van der Waals surface area contributed by atoms with Crippen LogP contribution in [0, 0.1) is 10.1 Å². The zero-order valence-corrected chi connectivity index (χ0v) is 16.7. The smallest absolute Gasteiger partial charge is 0.379 e. The Hall–Kier alpha value is -2.84. The minimum absolute atomic E-state index is 0.0582. The van der Waals surface area contributed by atoms with Crippen LogP contribution < -0.4 is 10.1 Å². The van der Waals surface area contributed by atoms with E-state index in [2.05, 4.69) is 5.32 Å². The third-order valence-electron chi connectivity index (χ3n) is 4.69. The predicted molar refractivity (Wildman–Crippen MR) is 101 cm³/mol. The minimum Gasteiger partial charge on any atom is -0.464 e. The van der Waals surface area contributed by atoms with Gasteiger partial charge in [-0.2, -0.15) is 0 Å². The van der Waals surface area contributed by atoms with Crippen LogP contribution in [-0.4, -0.2) is 87.2 Å². The van der Waals surface area contributed by atoms with Crippen LogP contribution in [0.3, 0.4) is 0 Å². The topological polar surface area (TPSA) is 198 Å². The molecule has 172 valence electrons. The molecule has 1 aliphatic rings. The summed E-state index contributed by atoms with van der Waals surface area (Å²) in [5, 5.41) is 53.3. The van der Waals surface area contributed by atoms with Crippen molar-refractivity contribution < 1.29 is 49.1 Å². The number of carbonyl (C=O) groups excluding carboxylic acids is 2. The Bertz CT molecular complexity index is 802. The average Bonchev–Trinajstić information content (AvgIpc) is 2.73. The number of ether oxygens (including phenoxy) is 3. The van der Waals surface area contributed by atoms with Crippen molar-refractivity contribution in [2.24, 2.45) is 0 Å². The predicted octanol–water partition coefficient (Wildman–Crippen LogP) is -1.79. The highest BCUT2D eigenvalue weighted by atomic mass is 16.7. The number of aliphatic hydroxyl groups excluding tert-OH is 4. The summed E-state index contributed by atoms with van der Waals surface area (Å²) in [4.78, 5) is 34.3. The Morgan fingerprint density at radius 3 is 2.45 bits per heavy atom. The number of amides is 1. The van der Waals surface area contributed by atoms with Crippen LogP contribution in [-0.2, 0) is 19.1 Å². The molecule has 0 saturated carbocycles. The van der Waals surface area contributed by atoms with Crippen LogP contribution in [0.2, 0.25) is 0 Å². The van der Waals surface area contributed by atoms with Crippen LogP contribution in [0.5, 0.6) is 5.75 Å². The number of esters is 1. The summed E-state index contributed by atoms with van der Waals surface area (Å²) < 4.78 is 16.0. The van der Waals surface area contributed by atoms with E-state index in [0.29, 0.717) is 0 Å². The number of rotatable bonds is 8. The lowest BCUT2D eigenvalue weighted by Gasteiger charge is -2.46. The van der Waals surface area contributed by atoms with Gasteiger partial charge in [0.05, 0.1) is 37.2 Å². The van der Waals surface area contributed by atoms with E-state index in [4.69, 9.17) is 19.3 Å². The summed E-state index contributed by atoms with van der Waals surface area (Å²) in [6, 6.07) is 3.33. The van der Waals surface area contributed by atoms with Crippen LogP contribution in [0.1, 0.15) is 13.3 Å². The highest BCUT2D eigenvalue weighted by molar-refractivity contribution is 5.79. The quantitative estimate of drug-likeness (QED) is 0.172. The van der Waals surface area contributed by atoms with Crippen molar-refractivity contribution in [1.29, 1.82) is 0 Å². The number of nitro benzene ring substituents is 1. The van der Waals surface area contributed by atoms with Gasteiger partial charge in [-0.3, -0.25) is 14.9 Å². The molecule has 0 aliphatic carbocycles. The fourth-order valence-corrected chi connectivity index (χ4v) is 3.21. The third-order valence-corrected chi connectivity index (χ3v) is 4.69. The Kier molecular flexibility index (Phi) is 7.86. The summed E-state index contributed by atoms with van der Waals surface area (Å²) in [6.07, 6.45) is -7.25. The number of hydrogen-bond donors (Lipinski definition) is 5. The summed E-state index contributed by atoms with van der Waals surface area (Å²) >= 11 is 0. The number of aliphatic hydroxyl groups is 4. The van der Waals surface area contributed by atoms with Crippen molar-refractivity contribution >= 4 is 17.6 Å². The zero-order chi connectivity index (χ0) is 23.3. The maximum absolute atomic E-state index is 12.6. The van der Waals surface area contributed by atoms with Crippen LogP contribution >= 0.6 is 0 Å². The van der Waals surface area contributed by atoms with Crippen molar-refractivity contribution in [1.82, 2.24) is 5.32 Å². The number of methoxy groups -OCH3 is 1. The molecule has 0 spiro atoms. The molecule has 1 aromatic rings. The molecule has 0 bridgehead atoms. The van der Waals surface area contributed by atoms with Gasteiger partial charge in [0.1, 0.15) is 24.1 Å². The van der Waals surface area contributed by atoms with Crippen molar-refractivity contribution in [3.05, 3.63) is 34.4 Å². The Balaban J connectivity index is 2.44. The van der Waals surface area contributed by atoms with Gasteiger partial charge in [0.25, 0.3) is 5.69 Å². The molecular weight excluding hydrogens is 420 g/mol. The summed E-state index contributed by atoms with van der Waals surface area (Å²) in [5.41, 5.74) is -0.242. The van der Waals surface area contributed by atoms with E-state index >= 15 is 0 Å². The average molecular weight is 444 g/mol. The lowest BCUT2D eigenvalue weighted by Crippen LogP contribution is -2.68. The number of carbonyl (C=O) groups is 2. The van der Waals surface area contributed by atoms with Crippen molar-refractivity contribution in [3.8, 4) is 5.75 Å². The molecule has 13 heteroatoms. The van der Waals surface area contributed by atoms with Gasteiger partial charge in [0.2, 0.25) is 5.91 Å². The van der Waals surface area contributed by atoms with Gasteiger partial charge in [0, 0.05) is 19.1 Å². The van der Waals surface area contributed by atoms with E-state index in [1.807, 2.05) is 0 Å². The van der Waals surface area contributed by atoms with Crippen molar-refractivity contribution in [3.63, 3.8) is 0 Å². The van der Waals surface area contributed by atoms with Crippen LogP contribution in [0.25, 0.3) is 0 Å². The first-order valence-electron chi connectivity index (χ1n) is 9.16. The van der Waals surface area contributed by atoms with E-state index < -0.39 is 66.1 Å². The van der Waals surface area contributed by atoms with Crippen LogP contribution in [0.15, 0.2) is 24.3 Å². The van der Waals surface area contributed by atoms with Gasteiger partial charge in [-0.25, -0.2) is 4.79 Å². The number of non-ortho nitro benzene ring substituents is 1. The molecule has 13 nitrogen and oxygen atoms in total. The monoisotopic (exact) mass is 444 g/mol. The summed E-state index contributed by atoms with van der Waals surface area (Å²) in [6.45, 7) is 0.270. The van der Waals surface area contributed by atoms with Gasteiger partial charge in [-0.1, -0.05) is 0 Å². The Morgan fingerprint density at radius 1 is 1.35 bits per heavy atom.